The molecule has 132 valence electrons. The van der Waals surface area contributed by atoms with Crippen LogP contribution >= 0.6 is 0 Å². The van der Waals surface area contributed by atoms with Crippen molar-refractivity contribution < 1.29 is 23.1 Å². The van der Waals surface area contributed by atoms with Gasteiger partial charge in [-0.3, -0.25) is 9.59 Å². The van der Waals surface area contributed by atoms with E-state index in [1.165, 1.54) is 32.1 Å². The SMILES string of the molecule is O=C(O)CC1(NC(=O)CCC2CCCCC2)CCS(=O)(=O)CC1. The van der Waals surface area contributed by atoms with Crippen molar-refractivity contribution in [2.24, 2.45) is 5.92 Å². The van der Waals surface area contributed by atoms with Crippen molar-refractivity contribution in [3.63, 3.8) is 0 Å². The van der Waals surface area contributed by atoms with Gasteiger partial charge in [-0.15, -0.1) is 0 Å². The molecule has 6 nitrogen and oxygen atoms in total. The van der Waals surface area contributed by atoms with E-state index in [2.05, 4.69) is 5.32 Å². The quantitative estimate of drug-likeness (QED) is 0.765. The first-order valence-electron chi connectivity index (χ1n) is 8.54. The Morgan fingerprint density at radius 1 is 1.09 bits per heavy atom. The highest BCUT2D eigenvalue weighted by molar-refractivity contribution is 7.91. The summed E-state index contributed by atoms with van der Waals surface area (Å²) in [7, 11) is -3.10. The van der Waals surface area contributed by atoms with Gasteiger partial charge in [-0.25, -0.2) is 8.42 Å². The van der Waals surface area contributed by atoms with Gasteiger partial charge in [0.25, 0.3) is 0 Å². The minimum Gasteiger partial charge on any atom is -0.481 e. The minimum absolute atomic E-state index is 0.0524. The molecular weight excluding hydrogens is 318 g/mol. The number of rotatable bonds is 6. The van der Waals surface area contributed by atoms with Crippen molar-refractivity contribution in [1.29, 1.82) is 0 Å². The van der Waals surface area contributed by atoms with Gasteiger partial charge < -0.3 is 10.4 Å². The average Bonchev–Trinajstić information content (AvgIpc) is 2.49. The van der Waals surface area contributed by atoms with Crippen LogP contribution in [0.25, 0.3) is 0 Å². The Morgan fingerprint density at radius 2 is 1.70 bits per heavy atom. The first-order valence-corrected chi connectivity index (χ1v) is 10.4. The third-order valence-electron chi connectivity index (χ3n) is 5.18. The molecule has 1 amide bonds. The lowest BCUT2D eigenvalue weighted by Gasteiger charge is -2.37. The zero-order valence-electron chi connectivity index (χ0n) is 13.6. The van der Waals surface area contributed by atoms with E-state index >= 15 is 0 Å². The van der Waals surface area contributed by atoms with Crippen molar-refractivity contribution in [2.75, 3.05) is 11.5 Å². The monoisotopic (exact) mass is 345 g/mol. The summed E-state index contributed by atoms with van der Waals surface area (Å²) in [6.45, 7) is 0. The molecule has 2 fully saturated rings. The van der Waals surface area contributed by atoms with E-state index in [0.29, 0.717) is 12.3 Å². The fourth-order valence-electron chi connectivity index (χ4n) is 3.73. The van der Waals surface area contributed by atoms with Gasteiger partial charge >= 0.3 is 5.97 Å². The molecule has 1 heterocycles. The van der Waals surface area contributed by atoms with E-state index in [1.54, 1.807) is 0 Å². The van der Waals surface area contributed by atoms with Crippen LogP contribution in [0.2, 0.25) is 0 Å². The lowest BCUT2D eigenvalue weighted by molar-refractivity contribution is -0.139. The van der Waals surface area contributed by atoms with E-state index < -0.39 is 21.3 Å². The second-order valence-electron chi connectivity index (χ2n) is 7.09. The van der Waals surface area contributed by atoms with Crippen molar-refractivity contribution >= 4 is 21.7 Å². The summed E-state index contributed by atoms with van der Waals surface area (Å²) in [5.74, 6) is -0.656. The molecule has 0 atom stereocenters. The second-order valence-corrected chi connectivity index (χ2v) is 9.40. The summed E-state index contributed by atoms with van der Waals surface area (Å²) in [5, 5.41) is 12.0. The van der Waals surface area contributed by atoms with Gasteiger partial charge in [0.15, 0.2) is 0 Å². The predicted molar refractivity (Wildman–Crippen MR) is 86.8 cm³/mol. The van der Waals surface area contributed by atoms with Gasteiger partial charge in [0.05, 0.1) is 23.5 Å². The summed E-state index contributed by atoms with van der Waals surface area (Å²) in [4.78, 5) is 23.4. The van der Waals surface area contributed by atoms with Crippen LogP contribution in [0.1, 0.15) is 64.2 Å². The predicted octanol–water partition coefficient (Wildman–Crippen LogP) is 1.89. The highest BCUT2D eigenvalue weighted by Crippen LogP contribution is 2.29. The minimum atomic E-state index is -3.10. The maximum absolute atomic E-state index is 12.2. The van der Waals surface area contributed by atoms with Crippen LogP contribution in [0.3, 0.4) is 0 Å². The van der Waals surface area contributed by atoms with E-state index in [-0.39, 0.29) is 36.7 Å². The Bertz CT molecular complexity index is 523. The third kappa shape index (κ3) is 5.79. The van der Waals surface area contributed by atoms with E-state index in [9.17, 15) is 18.0 Å². The number of carboxylic acid groups (broad SMARTS) is 1. The molecule has 2 rings (SSSR count). The van der Waals surface area contributed by atoms with Gasteiger partial charge in [-0.2, -0.15) is 0 Å². The van der Waals surface area contributed by atoms with E-state index in [4.69, 9.17) is 5.11 Å². The molecule has 0 bridgehead atoms. The summed E-state index contributed by atoms with van der Waals surface area (Å²) < 4.78 is 23.2. The van der Waals surface area contributed by atoms with E-state index in [0.717, 1.165) is 6.42 Å². The molecule has 2 aliphatic rings. The Balaban J connectivity index is 1.89. The van der Waals surface area contributed by atoms with Crippen LogP contribution in [0.15, 0.2) is 0 Å². The lowest BCUT2D eigenvalue weighted by Crippen LogP contribution is -2.54. The molecule has 1 aliphatic carbocycles. The number of hydrogen-bond acceptors (Lipinski definition) is 4. The number of sulfone groups is 1. The molecule has 0 aromatic carbocycles. The first kappa shape index (κ1) is 18.2. The standard InChI is InChI=1S/C16H27NO5S/c18-14(7-6-13-4-2-1-3-5-13)17-16(12-15(19)20)8-10-23(21,22)11-9-16/h13H,1-12H2,(H,17,18)(H,19,20). The highest BCUT2D eigenvalue weighted by atomic mass is 32.2. The largest absolute Gasteiger partial charge is 0.481 e. The van der Waals surface area contributed by atoms with Crippen molar-refractivity contribution in [3.8, 4) is 0 Å². The topological polar surface area (TPSA) is 101 Å². The lowest BCUT2D eigenvalue weighted by atomic mass is 9.85. The molecule has 0 radical (unpaired) electrons. The number of carbonyl (C=O) groups is 2. The van der Waals surface area contributed by atoms with Gasteiger partial charge in [0.2, 0.25) is 5.91 Å². The van der Waals surface area contributed by atoms with Gasteiger partial charge in [0, 0.05) is 6.42 Å². The molecule has 1 saturated carbocycles. The number of nitrogens with one attached hydrogen (secondary N) is 1. The number of hydrogen-bond donors (Lipinski definition) is 2. The summed E-state index contributed by atoms with van der Waals surface area (Å²) >= 11 is 0. The summed E-state index contributed by atoms with van der Waals surface area (Å²) in [6.07, 6.45) is 7.49. The van der Waals surface area contributed by atoms with Crippen LogP contribution in [-0.2, 0) is 19.4 Å². The van der Waals surface area contributed by atoms with Crippen LogP contribution in [-0.4, -0.2) is 42.4 Å². The van der Waals surface area contributed by atoms with Crippen LogP contribution in [0, 0.1) is 5.92 Å². The third-order valence-corrected chi connectivity index (χ3v) is 6.83. The van der Waals surface area contributed by atoms with Crippen molar-refractivity contribution in [2.45, 2.75) is 69.7 Å². The number of amides is 1. The Labute approximate surface area is 137 Å². The molecular formula is C16H27NO5S. The Kier molecular flexibility index (Phi) is 6.06. The van der Waals surface area contributed by atoms with Gasteiger partial charge in [-0.1, -0.05) is 32.1 Å². The summed E-state index contributed by atoms with van der Waals surface area (Å²) in [5.41, 5.74) is -0.902. The van der Waals surface area contributed by atoms with Crippen LogP contribution in [0.5, 0.6) is 0 Å². The van der Waals surface area contributed by atoms with E-state index in [1.807, 2.05) is 0 Å². The van der Waals surface area contributed by atoms with Crippen molar-refractivity contribution in [3.05, 3.63) is 0 Å². The molecule has 2 N–H and O–H groups in total. The average molecular weight is 345 g/mol. The molecule has 0 aromatic rings. The van der Waals surface area contributed by atoms with Crippen LogP contribution < -0.4 is 5.32 Å². The summed E-state index contributed by atoms with van der Waals surface area (Å²) in [6, 6.07) is 0. The second kappa shape index (κ2) is 7.64. The van der Waals surface area contributed by atoms with Crippen molar-refractivity contribution in [1.82, 2.24) is 5.32 Å². The number of carbonyl (C=O) groups excluding carboxylic acids is 1. The fourth-order valence-corrected chi connectivity index (χ4v) is 5.34. The maximum atomic E-state index is 12.2. The molecule has 1 saturated heterocycles. The Morgan fingerprint density at radius 3 is 2.26 bits per heavy atom. The number of carboxylic acids is 1. The Hall–Kier alpha value is -1.11. The molecule has 0 unspecified atom stereocenters. The zero-order chi connectivity index (χ0) is 16.9. The molecule has 0 aromatic heterocycles. The van der Waals surface area contributed by atoms with Gasteiger partial charge in [-0.05, 0) is 25.2 Å². The smallest absolute Gasteiger partial charge is 0.305 e. The number of aliphatic carboxylic acids is 1. The molecule has 23 heavy (non-hydrogen) atoms. The normalized spacial score (nSPS) is 24.0. The molecule has 0 spiro atoms. The van der Waals surface area contributed by atoms with Crippen LogP contribution in [0.4, 0.5) is 0 Å². The highest BCUT2D eigenvalue weighted by Gasteiger charge is 2.40. The molecule has 1 aliphatic heterocycles. The molecule has 7 heteroatoms. The fraction of sp³-hybridized carbons (Fsp3) is 0.875. The zero-order valence-corrected chi connectivity index (χ0v) is 14.4. The van der Waals surface area contributed by atoms with Gasteiger partial charge in [0.1, 0.15) is 9.84 Å². The first-order chi connectivity index (χ1) is 10.8. The maximum Gasteiger partial charge on any atom is 0.305 e.